The lowest BCUT2D eigenvalue weighted by atomic mass is 10.1. The number of rotatable bonds is 2. The van der Waals surface area contributed by atoms with Gasteiger partial charge in [0.05, 0.1) is 0 Å². The van der Waals surface area contributed by atoms with E-state index in [0.717, 1.165) is 0 Å². The lowest BCUT2D eigenvalue weighted by Gasteiger charge is -1.90. The van der Waals surface area contributed by atoms with Crippen molar-refractivity contribution in [3.63, 3.8) is 0 Å². The smallest absolute Gasteiger partial charge is 0.113 e. The van der Waals surface area contributed by atoms with Crippen LogP contribution in [0, 0.1) is 0 Å². The maximum atomic E-state index is 5.31. The van der Waals surface area contributed by atoms with Crippen molar-refractivity contribution in [3.05, 3.63) is 42.7 Å². The van der Waals surface area contributed by atoms with Gasteiger partial charge in [0.1, 0.15) is 12.2 Å². The van der Waals surface area contributed by atoms with E-state index in [1.807, 2.05) is 18.2 Å². The van der Waals surface area contributed by atoms with Crippen LogP contribution in [0.3, 0.4) is 0 Å². The van der Waals surface area contributed by atoms with Crippen LogP contribution in [0.1, 0.15) is 11.7 Å². The van der Waals surface area contributed by atoms with Crippen LogP contribution in [0.25, 0.3) is 0 Å². The number of epoxide rings is 1. The molecule has 0 amide bonds. The van der Waals surface area contributed by atoms with Crippen molar-refractivity contribution in [2.45, 2.75) is 12.2 Å². The first-order chi connectivity index (χ1) is 5.42. The fourth-order valence-corrected chi connectivity index (χ4v) is 1.12. The van der Waals surface area contributed by atoms with Crippen molar-refractivity contribution in [2.24, 2.45) is 0 Å². The van der Waals surface area contributed by atoms with Crippen molar-refractivity contribution < 1.29 is 4.74 Å². The molecule has 11 heavy (non-hydrogen) atoms. The van der Waals surface area contributed by atoms with Gasteiger partial charge in [-0.05, 0) is 17.7 Å². The third-order valence-electron chi connectivity index (χ3n) is 1.79. The minimum atomic E-state index is 0.220. The first-order valence-electron chi connectivity index (χ1n) is 3.60. The molecule has 0 unspecified atom stereocenters. The van der Waals surface area contributed by atoms with Gasteiger partial charge >= 0.3 is 0 Å². The fraction of sp³-hybridized carbons (Fsp3) is 0.222. The van der Waals surface area contributed by atoms with Gasteiger partial charge in [-0.1, -0.05) is 6.08 Å². The Hall–Kier alpha value is -1.15. The zero-order chi connectivity index (χ0) is 7.68. The van der Waals surface area contributed by atoms with E-state index in [2.05, 4.69) is 11.6 Å². The highest BCUT2D eigenvalue weighted by Gasteiger charge is 2.37. The summed E-state index contributed by atoms with van der Waals surface area (Å²) in [4.78, 5) is 3.93. The standard InChI is InChI=1S/C9H9NO/c1-2-8-9(11-8)7-3-5-10-6-4-7/h2-6,8-9H,1H2/t8-,9+/m1/s1. The third kappa shape index (κ3) is 1.17. The number of ether oxygens (including phenoxy) is 1. The molecule has 1 aliphatic heterocycles. The molecule has 1 saturated heterocycles. The van der Waals surface area contributed by atoms with Crippen LogP contribution in [0.4, 0.5) is 0 Å². The van der Waals surface area contributed by atoms with Crippen LogP contribution in [-0.2, 0) is 4.74 Å². The second-order valence-corrected chi connectivity index (χ2v) is 2.54. The quantitative estimate of drug-likeness (QED) is 0.470. The Kier molecular flexibility index (Phi) is 1.47. The molecule has 1 aromatic rings. The summed E-state index contributed by atoms with van der Waals surface area (Å²) >= 11 is 0. The molecule has 0 saturated carbocycles. The Morgan fingerprint density at radius 2 is 2.18 bits per heavy atom. The first kappa shape index (κ1) is 6.55. The van der Waals surface area contributed by atoms with Crippen LogP contribution in [0.15, 0.2) is 37.2 Å². The molecule has 1 fully saturated rings. The summed E-state index contributed by atoms with van der Waals surface area (Å²) in [5.41, 5.74) is 1.19. The Labute approximate surface area is 65.5 Å². The van der Waals surface area contributed by atoms with E-state index in [0.29, 0.717) is 0 Å². The monoisotopic (exact) mass is 147 g/mol. The summed E-state index contributed by atoms with van der Waals surface area (Å²) in [5, 5.41) is 0. The second-order valence-electron chi connectivity index (χ2n) is 2.54. The molecule has 0 radical (unpaired) electrons. The molecule has 2 rings (SSSR count). The number of hydrogen-bond acceptors (Lipinski definition) is 2. The third-order valence-corrected chi connectivity index (χ3v) is 1.79. The van der Waals surface area contributed by atoms with Crippen molar-refractivity contribution >= 4 is 0 Å². The molecule has 2 nitrogen and oxygen atoms in total. The number of pyridine rings is 1. The SMILES string of the molecule is C=C[C@H]1O[C@H]1c1ccncc1. The second kappa shape index (κ2) is 2.47. The van der Waals surface area contributed by atoms with Crippen LogP contribution in [-0.4, -0.2) is 11.1 Å². The molecular weight excluding hydrogens is 138 g/mol. The predicted molar refractivity (Wildman–Crippen MR) is 42.0 cm³/mol. The molecule has 2 heterocycles. The molecule has 0 spiro atoms. The van der Waals surface area contributed by atoms with E-state index in [9.17, 15) is 0 Å². The molecule has 2 atom stereocenters. The molecule has 56 valence electrons. The molecule has 1 aromatic heterocycles. The zero-order valence-electron chi connectivity index (χ0n) is 6.10. The van der Waals surface area contributed by atoms with Gasteiger partial charge in [-0.2, -0.15) is 0 Å². The van der Waals surface area contributed by atoms with Crippen molar-refractivity contribution in [1.82, 2.24) is 4.98 Å². The van der Waals surface area contributed by atoms with Crippen molar-refractivity contribution in [2.75, 3.05) is 0 Å². The van der Waals surface area contributed by atoms with Gasteiger partial charge in [0.25, 0.3) is 0 Å². The van der Waals surface area contributed by atoms with E-state index in [4.69, 9.17) is 4.74 Å². The minimum absolute atomic E-state index is 0.220. The van der Waals surface area contributed by atoms with Crippen LogP contribution >= 0.6 is 0 Å². The lowest BCUT2D eigenvalue weighted by Crippen LogP contribution is -1.83. The van der Waals surface area contributed by atoms with Gasteiger partial charge in [0.2, 0.25) is 0 Å². The average molecular weight is 147 g/mol. The van der Waals surface area contributed by atoms with E-state index in [1.165, 1.54) is 5.56 Å². The number of hydrogen-bond donors (Lipinski definition) is 0. The summed E-state index contributed by atoms with van der Waals surface area (Å²) in [6.45, 7) is 3.66. The highest BCUT2D eigenvalue weighted by molar-refractivity contribution is 5.21. The highest BCUT2D eigenvalue weighted by atomic mass is 16.6. The summed E-state index contributed by atoms with van der Waals surface area (Å²) < 4.78 is 5.31. The van der Waals surface area contributed by atoms with Crippen LogP contribution in [0.2, 0.25) is 0 Å². The Morgan fingerprint density at radius 3 is 2.73 bits per heavy atom. The zero-order valence-corrected chi connectivity index (χ0v) is 6.10. The van der Waals surface area contributed by atoms with Gasteiger partial charge in [-0.3, -0.25) is 4.98 Å². The molecule has 2 heteroatoms. The predicted octanol–water partition coefficient (Wildman–Crippen LogP) is 1.71. The number of aromatic nitrogens is 1. The summed E-state index contributed by atoms with van der Waals surface area (Å²) in [5.74, 6) is 0. The summed E-state index contributed by atoms with van der Waals surface area (Å²) in [6, 6.07) is 3.93. The van der Waals surface area contributed by atoms with E-state index in [1.54, 1.807) is 12.4 Å². The van der Waals surface area contributed by atoms with Gasteiger partial charge < -0.3 is 4.74 Å². The Balaban J connectivity index is 2.14. The summed E-state index contributed by atoms with van der Waals surface area (Å²) in [6.07, 6.45) is 5.83. The van der Waals surface area contributed by atoms with Gasteiger partial charge in [0.15, 0.2) is 0 Å². The van der Waals surface area contributed by atoms with E-state index in [-0.39, 0.29) is 12.2 Å². The molecule has 0 bridgehead atoms. The highest BCUT2D eigenvalue weighted by Crippen LogP contribution is 2.38. The summed E-state index contributed by atoms with van der Waals surface area (Å²) in [7, 11) is 0. The van der Waals surface area contributed by atoms with Crippen molar-refractivity contribution in [1.29, 1.82) is 0 Å². The van der Waals surface area contributed by atoms with Crippen LogP contribution < -0.4 is 0 Å². The van der Waals surface area contributed by atoms with E-state index < -0.39 is 0 Å². The van der Waals surface area contributed by atoms with Gasteiger partial charge in [0, 0.05) is 12.4 Å². The molecular formula is C9H9NO. The molecule has 0 N–H and O–H groups in total. The lowest BCUT2D eigenvalue weighted by molar-refractivity contribution is 0.394. The molecule has 0 aliphatic carbocycles. The molecule has 1 aliphatic rings. The van der Waals surface area contributed by atoms with E-state index >= 15 is 0 Å². The van der Waals surface area contributed by atoms with Gasteiger partial charge in [-0.25, -0.2) is 0 Å². The fourth-order valence-electron chi connectivity index (χ4n) is 1.12. The normalized spacial score (nSPS) is 28.0. The Morgan fingerprint density at radius 1 is 1.45 bits per heavy atom. The first-order valence-corrected chi connectivity index (χ1v) is 3.60. The topological polar surface area (TPSA) is 25.4 Å². The Bertz CT molecular complexity index is 258. The maximum Gasteiger partial charge on any atom is 0.113 e. The average Bonchev–Trinajstić information content (AvgIpc) is 2.85. The van der Waals surface area contributed by atoms with Crippen LogP contribution in [0.5, 0.6) is 0 Å². The number of nitrogens with zero attached hydrogens (tertiary/aromatic N) is 1. The maximum absolute atomic E-state index is 5.31. The minimum Gasteiger partial charge on any atom is -0.360 e. The van der Waals surface area contributed by atoms with Gasteiger partial charge in [-0.15, -0.1) is 6.58 Å². The largest absolute Gasteiger partial charge is 0.360 e. The van der Waals surface area contributed by atoms with Crippen molar-refractivity contribution in [3.8, 4) is 0 Å². The molecule has 0 aromatic carbocycles.